The maximum absolute atomic E-state index is 12.7. The molecule has 6 nitrogen and oxygen atoms in total. The average molecular weight is 362 g/mol. The molecule has 2 aromatic carbocycles. The Bertz CT molecular complexity index is 1020. The minimum absolute atomic E-state index is 0.0175. The summed E-state index contributed by atoms with van der Waals surface area (Å²) in [6, 6.07) is 17.2. The van der Waals surface area contributed by atoms with Crippen molar-refractivity contribution in [1.29, 1.82) is 0 Å². The lowest BCUT2D eigenvalue weighted by atomic mass is 9.95. The van der Waals surface area contributed by atoms with Crippen LogP contribution in [-0.4, -0.2) is 39.5 Å². The minimum Gasteiger partial charge on any atom is -0.340 e. The molecule has 1 fully saturated rings. The van der Waals surface area contributed by atoms with Crippen LogP contribution in [0.1, 0.15) is 17.9 Å². The van der Waals surface area contributed by atoms with E-state index < -0.39 is 0 Å². The van der Waals surface area contributed by atoms with E-state index in [-0.39, 0.29) is 29.8 Å². The number of aryl methyl sites for hydroxylation is 1. The number of amides is 1. The van der Waals surface area contributed by atoms with Gasteiger partial charge in [0, 0.05) is 38.0 Å². The van der Waals surface area contributed by atoms with Crippen LogP contribution < -0.4 is 11.3 Å². The molecule has 0 bridgehead atoms. The minimum atomic E-state index is -0.117. The van der Waals surface area contributed by atoms with Crippen LogP contribution >= 0.6 is 0 Å². The molecule has 138 valence electrons. The average Bonchev–Trinajstić information content (AvgIpc) is 3.10. The van der Waals surface area contributed by atoms with E-state index in [2.05, 4.69) is 17.1 Å². The van der Waals surface area contributed by atoms with Crippen molar-refractivity contribution >= 4 is 16.8 Å². The number of para-hydroxylation sites is 1. The number of carbonyl (C=O) groups is 1. The number of likely N-dealkylation sites (tertiary alicyclic amines) is 1. The van der Waals surface area contributed by atoms with Crippen LogP contribution in [0.5, 0.6) is 0 Å². The molecule has 0 unspecified atom stereocenters. The van der Waals surface area contributed by atoms with E-state index in [1.165, 1.54) is 10.9 Å². The second-order valence-electron chi connectivity index (χ2n) is 6.99. The lowest BCUT2D eigenvalue weighted by Gasteiger charge is -2.17. The Morgan fingerprint density at radius 1 is 1.07 bits per heavy atom. The smallest absolute Gasteiger partial charge is 0.261 e. The van der Waals surface area contributed by atoms with Gasteiger partial charge in [-0.2, -0.15) is 0 Å². The van der Waals surface area contributed by atoms with Crippen molar-refractivity contribution in [3.63, 3.8) is 0 Å². The fourth-order valence-electron chi connectivity index (χ4n) is 3.73. The predicted molar refractivity (Wildman–Crippen MR) is 104 cm³/mol. The molecule has 1 aliphatic rings. The maximum atomic E-state index is 12.7. The van der Waals surface area contributed by atoms with Gasteiger partial charge in [-0.25, -0.2) is 4.98 Å². The molecule has 1 saturated heterocycles. The first-order valence-electron chi connectivity index (χ1n) is 9.16. The van der Waals surface area contributed by atoms with E-state index >= 15 is 0 Å². The van der Waals surface area contributed by atoms with Crippen molar-refractivity contribution in [3.05, 3.63) is 76.8 Å². The van der Waals surface area contributed by atoms with Crippen molar-refractivity contribution in [2.45, 2.75) is 24.9 Å². The summed E-state index contributed by atoms with van der Waals surface area (Å²) in [7, 11) is 0. The van der Waals surface area contributed by atoms with Gasteiger partial charge in [-0.15, -0.1) is 0 Å². The Hall–Kier alpha value is -2.99. The van der Waals surface area contributed by atoms with E-state index in [0.29, 0.717) is 30.5 Å². The summed E-state index contributed by atoms with van der Waals surface area (Å²) < 4.78 is 1.50. The number of nitrogens with zero attached hydrogens (tertiary/aromatic N) is 3. The highest BCUT2D eigenvalue weighted by atomic mass is 16.2. The van der Waals surface area contributed by atoms with Crippen molar-refractivity contribution in [2.24, 2.45) is 5.73 Å². The molecule has 2 heterocycles. The normalized spacial score (nSPS) is 19.5. The summed E-state index contributed by atoms with van der Waals surface area (Å²) in [4.78, 5) is 31.3. The molecule has 1 aromatic heterocycles. The van der Waals surface area contributed by atoms with E-state index in [1.807, 2.05) is 41.3 Å². The van der Waals surface area contributed by atoms with Gasteiger partial charge in [0.25, 0.3) is 5.56 Å². The van der Waals surface area contributed by atoms with Crippen LogP contribution in [0.2, 0.25) is 0 Å². The van der Waals surface area contributed by atoms with Gasteiger partial charge in [0.1, 0.15) is 0 Å². The summed E-state index contributed by atoms with van der Waals surface area (Å²) in [5.41, 5.74) is 7.99. The van der Waals surface area contributed by atoms with Crippen LogP contribution in [0, 0.1) is 0 Å². The summed E-state index contributed by atoms with van der Waals surface area (Å²) in [5, 5.41) is 0.569. The third-order valence-corrected chi connectivity index (χ3v) is 5.24. The quantitative estimate of drug-likeness (QED) is 0.766. The highest BCUT2D eigenvalue weighted by Crippen LogP contribution is 2.26. The first-order chi connectivity index (χ1) is 13.1. The fraction of sp³-hybridized carbons (Fsp3) is 0.286. The summed E-state index contributed by atoms with van der Waals surface area (Å²) in [6.45, 7) is 1.48. The second-order valence-corrected chi connectivity index (χ2v) is 6.99. The largest absolute Gasteiger partial charge is 0.340 e. The highest BCUT2D eigenvalue weighted by Gasteiger charge is 2.33. The highest BCUT2D eigenvalue weighted by molar-refractivity contribution is 5.78. The van der Waals surface area contributed by atoms with Gasteiger partial charge in [-0.05, 0) is 17.7 Å². The van der Waals surface area contributed by atoms with Gasteiger partial charge in [0.2, 0.25) is 5.91 Å². The molecule has 0 aliphatic carbocycles. The molecular weight excluding hydrogens is 340 g/mol. The molecule has 3 aromatic rings. The summed E-state index contributed by atoms with van der Waals surface area (Å²) in [5.74, 6) is 0.171. The number of hydrogen-bond donors (Lipinski definition) is 1. The third kappa shape index (κ3) is 3.48. The molecule has 1 amide bonds. The van der Waals surface area contributed by atoms with E-state index in [4.69, 9.17) is 5.73 Å². The van der Waals surface area contributed by atoms with Crippen molar-refractivity contribution in [2.75, 3.05) is 13.1 Å². The second kappa shape index (κ2) is 7.32. The third-order valence-electron chi connectivity index (χ3n) is 5.24. The van der Waals surface area contributed by atoms with Crippen molar-refractivity contribution in [3.8, 4) is 0 Å². The zero-order chi connectivity index (χ0) is 18.8. The molecule has 4 rings (SSSR count). The van der Waals surface area contributed by atoms with Crippen LogP contribution in [0.25, 0.3) is 10.9 Å². The first-order valence-corrected chi connectivity index (χ1v) is 9.16. The van der Waals surface area contributed by atoms with Gasteiger partial charge in [-0.3, -0.25) is 14.2 Å². The Kier molecular flexibility index (Phi) is 4.73. The summed E-state index contributed by atoms with van der Waals surface area (Å²) in [6.07, 6.45) is 1.77. The molecular formula is C21H22N4O2. The van der Waals surface area contributed by atoms with Gasteiger partial charge in [0.05, 0.1) is 17.2 Å². The number of rotatable bonds is 4. The predicted octanol–water partition coefficient (Wildman–Crippen LogP) is 1.74. The van der Waals surface area contributed by atoms with Crippen molar-refractivity contribution in [1.82, 2.24) is 14.5 Å². The Labute approximate surface area is 157 Å². The number of carbonyl (C=O) groups excluding carboxylic acids is 1. The number of hydrogen-bond acceptors (Lipinski definition) is 4. The molecule has 1 aliphatic heterocycles. The lowest BCUT2D eigenvalue weighted by molar-refractivity contribution is -0.130. The fourth-order valence-corrected chi connectivity index (χ4v) is 3.73. The Balaban J connectivity index is 1.43. The van der Waals surface area contributed by atoms with Gasteiger partial charge in [0.15, 0.2) is 0 Å². The molecule has 27 heavy (non-hydrogen) atoms. The van der Waals surface area contributed by atoms with Gasteiger partial charge < -0.3 is 10.6 Å². The van der Waals surface area contributed by atoms with Crippen LogP contribution in [0.4, 0.5) is 0 Å². The summed E-state index contributed by atoms with van der Waals surface area (Å²) >= 11 is 0. The van der Waals surface area contributed by atoms with Gasteiger partial charge >= 0.3 is 0 Å². The zero-order valence-electron chi connectivity index (χ0n) is 15.0. The molecule has 0 saturated carbocycles. The standard InChI is InChI=1S/C21H22N4O2/c22-18-13-25(12-17(18)15-6-2-1-3-7-15)20(26)10-11-24-14-23-19-9-5-4-8-16(19)21(24)27/h1-9,14,17-18H,10-13,22H2/t17-,18+/m0/s1. The topological polar surface area (TPSA) is 81.2 Å². The lowest BCUT2D eigenvalue weighted by Crippen LogP contribution is -2.33. The Morgan fingerprint density at radius 2 is 1.81 bits per heavy atom. The van der Waals surface area contributed by atoms with Crippen molar-refractivity contribution < 1.29 is 4.79 Å². The van der Waals surface area contributed by atoms with E-state index in [0.717, 1.165) is 5.56 Å². The maximum Gasteiger partial charge on any atom is 0.261 e. The van der Waals surface area contributed by atoms with E-state index in [1.54, 1.807) is 6.07 Å². The molecule has 6 heteroatoms. The number of nitrogens with two attached hydrogens (primary N) is 1. The Morgan fingerprint density at radius 3 is 2.63 bits per heavy atom. The van der Waals surface area contributed by atoms with Gasteiger partial charge in [-0.1, -0.05) is 42.5 Å². The van der Waals surface area contributed by atoms with Crippen LogP contribution in [0.3, 0.4) is 0 Å². The number of benzene rings is 2. The molecule has 2 N–H and O–H groups in total. The van der Waals surface area contributed by atoms with Crippen LogP contribution in [0.15, 0.2) is 65.7 Å². The first kappa shape index (κ1) is 17.4. The number of aromatic nitrogens is 2. The van der Waals surface area contributed by atoms with Crippen LogP contribution in [-0.2, 0) is 11.3 Å². The SMILES string of the molecule is N[C@@H]1CN(C(=O)CCn2cnc3ccccc3c2=O)C[C@H]1c1ccccc1. The number of fused-ring (bicyclic) bond motifs is 1. The zero-order valence-corrected chi connectivity index (χ0v) is 15.0. The molecule has 0 radical (unpaired) electrons. The monoisotopic (exact) mass is 362 g/mol. The molecule has 0 spiro atoms. The molecule has 2 atom stereocenters. The van der Waals surface area contributed by atoms with E-state index in [9.17, 15) is 9.59 Å².